The topological polar surface area (TPSA) is 177 Å². The first-order valence-corrected chi connectivity index (χ1v) is 16.1. The van der Waals surface area contributed by atoms with E-state index in [-0.39, 0.29) is 23.7 Å². The molecule has 1 unspecified atom stereocenters. The number of nitrogens with two attached hydrogens (primary N) is 1. The van der Waals surface area contributed by atoms with E-state index in [1.165, 1.54) is 4.90 Å². The van der Waals surface area contributed by atoms with Crippen molar-refractivity contribution < 1.29 is 33.5 Å². The highest BCUT2D eigenvalue weighted by molar-refractivity contribution is 6.37. The summed E-state index contributed by atoms with van der Waals surface area (Å²) in [5.41, 5.74) is 3.84. The van der Waals surface area contributed by atoms with Gasteiger partial charge in [0.05, 0.1) is 6.04 Å². The first kappa shape index (κ1) is 35.3. The molecule has 0 aromatic carbocycles. The molecular weight excluding hydrogens is 566 g/mol. The van der Waals surface area contributed by atoms with Crippen LogP contribution in [0.3, 0.4) is 0 Å². The SMILES string of the molecule is C[C@@H]1C[C@@H](C(=O)NC(CC2CC2)C(=O)C(N)=O)N(C(=O)[C@@H](NC(=O)N[C@@H](C(=O)OC(C)(C)C)C(C)(C)C)C2CCCCC2)C1. The van der Waals surface area contributed by atoms with Gasteiger partial charge in [-0.2, -0.15) is 0 Å². The number of likely N-dealkylation sites (tertiary alicyclic amines) is 1. The molecule has 0 radical (unpaired) electrons. The minimum atomic E-state index is -1.10. The lowest BCUT2D eigenvalue weighted by atomic mass is 9.83. The third-order valence-corrected chi connectivity index (χ3v) is 8.70. The van der Waals surface area contributed by atoms with Crippen molar-refractivity contribution in [3.8, 4) is 0 Å². The largest absolute Gasteiger partial charge is 0.458 e. The molecule has 5 atom stereocenters. The van der Waals surface area contributed by atoms with Gasteiger partial charge in [0.1, 0.15) is 23.7 Å². The Kier molecular flexibility index (Phi) is 11.5. The second-order valence-electron chi connectivity index (χ2n) is 15.1. The van der Waals surface area contributed by atoms with Crippen LogP contribution in [-0.4, -0.2) is 76.7 Å². The van der Waals surface area contributed by atoms with Crippen molar-refractivity contribution >= 4 is 35.5 Å². The van der Waals surface area contributed by atoms with Gasteiger partial charge in [-0.05, 0) is 69.6 Å². The highest BCUT2D eigenvalue weighted by Crippen LogP contribution is 2.34. The molecule has 2 saturated carbocycles. The van der Waals surface area contributed by atoms with Crippen LogP contribution in [0, 0.1) is 23.2 Å². The van der Waals surface area contributed by atoms with Crippen LogP contribution < -0.4 is 21.7 Å². The number of ketones is 1. The molecule has 5 N–H and O–H groups in total. The molecule has 248 valence electrons. The number of nitrogens with zero attached hydrogens (tertiary/aromatic N) is 1. The summed E-state index contributed by atoms with van der Waals surface area (Å²) in [6.45, 7) is 13.0. The number of amides is 5. The fraction of sp³-hybridized carbons (Fsp3) is 0.812. The minimum absolute atomic E-state index is 0.00157. The van der Waals surface area contributed by atoms with Gasteiger partial charge in [-0.15, -0.1) is 0 Å². The van der Waals surface area contributed by atoms with E-state index in [0.717, 1.165) is 44.9 Å². The molecule has 12 nitrogen and oxygen atoms in total. The van der Waals surface area contributed by atoms with Gasteiger partial charge < -0.3 is 31.3 Å². The summed E-state index contributed by atoms with van der Waals surface area (Å²) >= 11 is 0. The molecule has 2 aliphatic carbocycles. The molecule has 3 fully saturated rings. The van der Waals surface area contributed by atoms with Crippen molar-refractivity contribution in [3.05, 3.63) is 0 Å². The summed E-state index contributed by atoms with van der Waals surface area (Å²) in [6.07, 6.45) is 6.91. The van der Waals surface area contributed by atoms with Gasteiger partial charge in [-0.1, -0.05) is 59.8 Å². The molecule has 12 heteroatoms. The fourth-order valence-electron chi connectivity index (χ4n) is 6.23. The number of rotatable bonds is 11. The van der Waals surface area contributed by atoms with Crippen LogP contribution >= 0.6 is 0 Å². The highest BCUT2D eigenvalue weighted by Gasteiger charge is 2.45. The van der Waals surface area contributed by atoms with E-state index in [1.807, 2.05) is 27.7 Å². The Morgan fingerprint density at radius 2 is 1.50 bits per heavy atom. The van der Waals surface area contributed by atoms with Gasteiger partial charge in [-0.25, -0.2) is 9.59 Å². The molecule has 44 heavy (non-hydrogen) atoms. The lowest BCUT2D eigenvalue weighted by molar-refractivity contribution is -0.160. The quantitative estimate of drug-likeness (QED) is 0.203. The number of nitrogens with one attached hydrogen (secondary N) is 3. The molecule has 0 bridgehead atoms. The van der Waals surface area contributed by atoms with Crippen LogP contribution in [-0.2, 0) is 28.7 Å². The van der Waals surface area contributed by atoms with Crippen LogP contribution in [0.25, 0.3) is 0 Å². The van der Waals surface area contributed by atoms with Crippen molar-refractivity contribution in [2.75, 3.05) is 6.54 Å². The summed E-state index contributed by atoms with van der Waals surface area (Å²) in [5.74, 6) is -3.29. The zero-order valence-corrected chi connectivity index (χ0v) is 27.5. The van der Waals surface area contributed by atoms with E-state index in [2.05, 4.69) is 16.0 Å². The molecule has 0 aromatic rings. The Hall–Kier alpha value is -3.18. The predicted octanol–water partition coefficient (Wildman–Crippen LogP) is 2.57. The maximum Gasteiger partial charge on any atom is 0.329 e. The smallest absolute Gasteiger partial charge is 0.329 e. The Balaban J connectivity index is 1.81. The number of hydrogen-bond acceptors (Lipinski definition) is 7. The van der Waals surface area contributed by atoms with Gasteiger partial charge in [0.2, 0.25) is 17.6 Å². The Labute approximate surface area is 261 Å². The van der Waals surface area contributed by atoms with Gasteiger partial charge in [0.25, 0.3) is 5.91 Å². The number of hydrogen-bond donors (Lipinski definition) is 4. The summed E-state index contributed by atoms with van der Waals surface area (Å²) in [7, 11) is 0. The van der Waals surface area contributed by atoms with E-state index in [0.29, 0.717) is 19.4 Å². The molecule has 1 saturated heterocycles. The predicted molar refractivity (Wildman–Crippen MR) is 164 cm³/mol. The first-order valence-electron chi connectivity index (χ1n) is 16.1. The van der Waals surface area contributed by atoms with Gasteiger partial charge >= 0.3 is 12.0 Å². The number of Topliss-reactive ketones (excluding diaryl/α,β-unsaturated/α-hetero) is 1. The molecule has 0 aromatic heterocycles. The molecule has 0 spiro atoms. The highest BCUT2D eigenvalue weighted by atomic mass is 16.6. The monoisotopic (exact) mass is 619 g/mol. The molecule has 3 aliphatic rings. The van der Waals surface area contributed by atoms with Gasteiger partial charge in [0.15, 0.2) is 0 Å². The molecular formula is C32H53N5O7. The lowest BCUT2D eigenvalue weighted by Gasteiger charge is -2.36. The third kappa shape index (κ3) is 9.92. The standard InChI is InChI=1S/C32H53N5O7/c1-18-15-22(27(40)34-21(16-19-13-14-19)24(38)26(33)39)37(17-18)28(41)23(20-11-9-8-10-12-20)35-30(43)36-25(31(2,3)4)29(42)44-32(5,6)7/h18-23,25H,8-17H2,1-7H3,(H2,33,39)(H,34,40)(H2,35,36,43)/t18-,21?,22+,23+,25+/m1/s1. The number of carbonyl (C=O) groups is 6. The number of primary amides is 1. The Morgan fingerprint density at radius 1 is 0.886 bits per heavy atom. The zero-order valence-electron chi connectivity index (χ0n) is 27.5. The summed E-state index contributed by atoms with van der Waals surface area (Å²) in [4.78, 5) is 79.9. The lowest BCUT2D eigenvalue weighted by Crippen LogP contribution is -2.61. The third-order valence-electron chi connectivity index (χ3n) is 8.70. The average molecular weight is 620 g/mol. The van der Waals surface area contributed by atoms with Crippen molar-refractivity contribution in [2.24, 2.45) is 28.9 Å². The van der Waals surface area contributed by atoms with Crippen molar-refractivity contribution in [2.45, 2.75) is 136 Å². The number of esters is 1. The Bertz CT molecular complexity index is 1100. The second kappa shape index (κ2) is 14.3. The van der Waals surface area contributed by atoms with Crippen LogP contribution in [0.15, 0.2) is 0 Å². The summed E-state index contributed by atoms with van der Waals surface area (Å²) in [5, 5.41) is 8.34. The van der Waals surface area contributed by atoms with Gasteiger partial charge in [0, 0.05) is 6.54 Å². The first-order chi connectivity index (χ1) is 20.4. The van der Waals surface area contributed by atoms with Crippen molar-refractivity contribution in [1.29, 1.82) is 0 Å². The van der Waals surface area contributed by atoms with Crippen LogP contribution in [0.1, 0.15) is 106 Å². The zero-order chi connectivity index (χ0) is 33.0. The van der Waals surface area contributed by atoms with Crippen molar-refractivity contribution in [1.82, 2.24) is 20.9 Å². The van der Waals surface area contributed by atoms with E-state index < -0.39 is 64.8 Å². The number of carbonyl (C=O) groups excluding carboxylic acids is 6. The molecule has 1 aliphatic heterocycles. The van der Waals surface area contributed by atoms with Crippen LogP contribution in [0.2, 0.25) is 0 Å². The number of urea groups is 1. The van der Waals surface area contributed by atoms with Gasteiger partial charge in [-0.3, -0.25) is 19.2 Å². The molecule has 5 amide bonds. The maximum atomic E-state index is 14.2. The van der Waals surface area contributed by atoms with E-state index in [9.17, 15) is 28.8 Å². The Morgan fingerprint density at radius 3 is 2.02 bits per heavy atom. The maximum absolute atomic E-state index is 14.2. The van der Waals surface area contributed by atoms with Crippen molar-refractivity contribution in [3.63, 3.8) is 0 Å². The number of ether oxygens (including phenoxy) is 1. The van der Waals surface area contributed by atoms with Crippen LogP contribution in [0.4, 0.5) is 4.79 Å². The van der Waals surface area contributed by atoms with E-state index in [1.54, 1.807) is 20.8 Å². The summed E-state index contributed by atoms with van der Waals surface area (Å²) in [6, 6.07) is -4.44. The average Bonchev–Trinajstić information content (AvgIpc) is 3.65. The van der Waals surface area contributed by atoms with E-state index >= 15 is 0 Å². The normalized spacial score (nSPS) is 23.2. The summed E-state index contributed by atoms with van der Waals surface area (Å²) < 4.78 is 5.57. The molecule has 1 heterocycles. The van der Waals surface area contributed by atoms with Crippen LogP contribution in [0.5, 0.6) is 0 Å². The fourth-order valence-corrected chi connectivity index (χ4v) is 6.23. The second-order valence-corrected chi connectivity index (χ2v) is 15.1. The van der Waals surface area contributed by atoms with E-state index in [4.69, 9.17) is 10.5 Å². The molecule has 3 rings (SSSR count). The minimum Gasteiger partial charge on any atom is -0.458 e.